The SMILES string of the molecule is N#Cc1cc(NCc2ccccc2Cn2cccn2)c2ccccc2n1. The number of anilines is 1. The zero-order valence-corrected chi connectivity index (χ0v) is 14.1. The number of pyridine rings is 1. The molecule has 2 aromatic carbocycles. The van der Waals surface area contributed by atoms with Gasteiger partial charge in [-0.25, -0.2) is 4.98 Å². The number of nitrogens with one attached hydrogen (secondary N) is 1. The Balaban J connectivity index is 1.62. The molecule has 0 saturated heterocycles. The third-order valence-corrected chi connectivity index (χ3v) is 4.31. The van der Waals surface area contributed by atoms with E-state index in [0.717, 1.165) is 23.1 Å². The van der Waals surface area contributed by atoms with Gasteiger partial charge in [0.25, 0.3) is 0 Å². The summed E-state index contributed by atoms with van der Waals surface area (Å²) in [6.07, 6.45) is 3.74. The zero-order chi connectivity index (χ0) is 17.8. The van der Waals surface area contributed by atoms with E-state index in [0.29, 0.717) is 12.2 Å². The number of para-hydroxylation sites is 1. The van der Waals surface area contributed by atoms with Crippen molar-refractivity contribution in [2.45, 2.75) is 13.1 Å². The zero-order valence-electron chi connectivity index (χ0n) is 14.1. The van der Waals surface area contributed by atoms with Gasteiger partial charge in [-0.1, -0.05) is 42.5 Å². The minimum absolute atomic E-state index is 0.413. The summed E-state index contributed by atoms with van der Waals surface area (Å²) in [5.74, 6) is 0. The molecule has 0 atom stereocenters. The van der Waals surface area contributed by atoms with Gasteiger partial charge in [0.15, 0.2) is 0 Å². The molecule has 0 aliphatic heterocycles. The van der Waals surface area contributed by atoms with Gasteiger partial charge in [-0.3, -0.25) is 4.68 Å². The van der Waals surface area contributed by atoms with Crippen LogP contribution in [0.4, 0.5) is 5.69 Å². The molecule has 0 spiro atoms. The Hall–Kier alpha value is -3.65. The molecule has 26 heavy (non-hydrogen) atoms. The number of rotatable bonds is 5. The first-order valence-corrected chi connectivity index (χ1v) is 8.41. The van der Waals surface area contributed by atoms with Crippen molar-refractivity contribution in [2.24, 2.45) is 0 Å². The quantitative estimate of drug-likeness (QED) is 0.597. The molecule has 2 aromatic heterocycles. The molecule has 2 heterocycles. The number of benzene rings is 2. The number of hydrogen-bond donors (Lipinski definition) is 1. The molecule has 4 rings (SSSR count). The fourth-order valence-corrected chi connectivity index (χ4v) is 3.02. The van der Waals surface area contributed by atoms with Crippen LogP contribution in [0.25, 0.3) is 10.9 Å². The second kappa shape index (κ2) is 7.08. The standard InChI is InChI=1S/C21H17N5/c22-13-18-12-21(19-8-3-4-9-20(19)25-18)23-14-16-6-1-2-7-17(16)15-26-11-5-10-24-26/h1-12H,14-15H2,(H,23,25). The van der Waals surface area contributed by atoms with Crippen LogP contribution in [-0.2, 0) is 13.1 Å². The van der Waals surface area contributed by atoms with Gasteiger partial charge in [-0.05, 0) is 29.3 Å². The van der Waals surface area contributed by atoms with E-state index in [2.05, 4.69) is 33.6 Å². The van der Waals surface area contributed by atoms with Gasteiger partial charge < -0.3 is 5.32 Å². The van der Waals surface area contributed by atoms with Crippen LogP contribution in [0.2, 0.25) is 0 Å². The second-order valence-electron chi connectivity index (χ2n) is 6.01. The van der Waals surface area contributed by atoms with E-state index in [4.69, 9.17) is 0 Å². The van der Waals surface area contributed by atoms with E-state index < -0.39 is 0 Å². The van der Waals surface area contributed by atoms with E-state index in [1.165, 1.54) is 11.1 Å². The fourth-order valence-electron chi connectivity index (χ4n) is 3.02. The highest BCUT2D eigenvalue weighted by molar-refractivity contribution is 5.91. The van der Waals surface area contributed by atoms with Gasteiger partial charge in [0, 0.05) is 30.0 Å². The lowest BCUT2D eigenvalue weighted by Crippen LogP contribution is -2.07. The molecular formula is C21H17N5. The van der Waals surface area contributed by atoms with Crippen LogP contribution >= 0.6 is 0 Å². The predicted molar refractivity (Wildman–Crippen MR) is 102 cm³/mol. The summed E-state index contributed by atoms with van der Waals surface area (Å²) in [7, 11) is 0. The van der Waals surface area contributed by atoms with Gasteiger partial charge in [-0.15, -0.1) is 0 Å². The second-order valence-corrected chi connectivity index (χ2v) is 6.01. The van der Waals surface area contributed by atoms with Gasteiger partial charge >= 0.3 is 0 Å². The largest absolute Gasteiger partial charge is 0.380 e. The van der Waals surface area contributed by atoms with Crippen molar-refractivity contribution < 1.29 is 0 Å². The van der Waals surface area contributed by atoms with Crippen molar-refractivity contribution in [1.82, 2.24) is 14.8 Å². The van der Waals surface area contributed by atoms with Gasteiger partial charge in [0.1, 0.15) is 11.8 Å². The lowest BCUT2D eigenvalue weighted by molar-refractivity contribution is 0.682. The number of aromatic nitrogens is 3. The third kappa shape index (κ3) is 3.26. The maximum absolute atomic E-state index is 9.24. The summed E-state index contributed by atoms with van der Waals surface area (Å²) in [5, 5.41) is 18.0. The Morgan fingerprint density at radius 2 is 1.81 bits per heavy atom. The van der Waals surface area contributed by atoms with E-state index in [9.17, 15) is 5.26 Å². The average Bonchev–Trinajstić information content (AvgIpc) is 3.20. The van der Waals surface area contributed by atoms with E-state index in [1.54, 1.807) is 12.3 Å². The maximum Gasteiger partial charge on any atom is 0.143 e. The first kappa shape index (κ1) is 15.9. The van der Waals surface area contributed by atoms with Crippen LogP contribution in [0, 0.1) is 11.3 Å². The number of nitrogens with zero attached hydrogens (tertiary/aromatic N) is 4. The van der Waals surface area contributed by atoms with Crippen LogP contribution in [0.1, 0.15) is 16.8 Å². The Morgan fingerprint density at radius 3 is 2.62 bits per heavy atom. The molecule has 0 bridgehead atoms. The fraction of sp³-hybridized carbons (Fsp3) is 0.0952. The highest BCUT2D eigenvalue weighted by Crippen LogP contribution is 2.24. The normalized spacial score (nSPS) is 10.6. The first-order chi connectivity index (χ1) is 12.8. The van der Waals surface area contributed by atoms with Crippen molar-refractivity contribution in [3.05, 3.63) is 89.9 Å². The monoisotopic (exact) mass is 339 g/mol. The Morgan fingerprint density at radius 1 is 1.00 bits per heavy atom. The number of fused-ring (bicyclic) bond motifs is 1. The van der Waals surface area contributed by atoms with E-state index >= 15 is 0 Å². The third-order valence-electron chi connectivity index (χ3n) is 4.31. The molecule has 0 saturated carbocycles. The van der Waals surface area contributed by atoms with Crippen molar-refractivity contribution in [3.63, 3.8) is 0 Å². The van der Waals surface area contributed by atoms with Gasteiger partial charge in [0.2, 0.25) is 0 Å². The summed E-state index contributed by atoms with van der Waals surface area (Å²) in [4.78, 5) is 4.36. The predicted octanol–water partition coefficient (Wildman–Crippen LogP) is 3.96. The first-order valence-electron chi connectivity index (χ1n) is 8.41. The molecule has 5 heteroatoms. The molecule has 4 aromatic rings. The smallest absolute Gasteiger partial charge is 0.143 e. The molecule has 0 radical (unpaired) electrons. The molecule has 0 amide bonds. The van der Waals surface area contributed by atoms with Crippen molar-refractivity contribution in [3.8, 4) is 6.07 Å². The number of hydrogen-bond acceptors (Lipinski definition) is 4. The maximum atomic E-state index is 9.24. The molecule has 0 unspecified atom stereocenters. The minimum Gasteiger partial charge on any atom is -0.380 e. The highest BCUT2D eigenvalue weighted by atomic mass is 15.3. The Bertz CT molecular complexity index is 1080. The Kier molecular flexibility index (Phi) is 4.31. The van der Waals surface area contributed by atoms with Crippen molar-refractivity contribution in [2.75, 3.05) is 5.32 Å². The summed E-state index contributed by atoms with van der Waals surface area (Å²) in [5.41, 5.74) is 4.56. The molecule has 126 valence electrons. The molecule has 0 aliphatic carbocycles. The average molecular weight is 339 g/mol. The topological polar surface area (TPSA) is 66.5 Å². The summed E-state index contributed by atoms with van der Waals surface area (Å²) >= 11 is 0. The molecule has 0 fully saturated rings. The van der Waals surface area contributed by atoms with Crippen LogP contribution < -0.4 is 5.32 Å². The van der Waals surface area contributed by atoms with E-state index in [1.807, 2.05) is 53.3 Å². The molecule has 0 aliphatic rings. The molecular weight excluding hydrogens is 322 g/mol. The molecule has 1 N–H and O–H groups in total. The lowest BCUT2D eigenvalue weighted by Gasteiger charge is -2.13. The van der Waals surface area contributed by atoms with Crippen LogP contribution in [0.15, 0.2) is 73.1 Å². The highest BCUT2D eigenvalue weighted by Gasteiger charge is 2.07. The lowest BCUT2D eigenvalue weighted by atomic mass is 10.1. The van der Waals surface area contributed by atoms with Crippen LogP contribution in [0.3, 0.4) is 0 Å². The number of nitriles is 1. The van der Waals surface area contributed by atoms with E-state index in [-0.39, 0.29) is 0 Å². The molecule has 5 nitrogen and oxygen atoms in total. The summed E-state index contributed by atoms with van der Waals surface area (Å²) in [6.45, 7) is 1.39. The van der Waals surface area contributed by atoms with Gasteiger partial charge in [-0.2, -0.15) is 10.4 Å². The summed E-state index contributed by atoms with van der Waals surface area (Å²) < 4.78 is 1.91. The summed E-state index contributed by atoms with van der Waals surface area (Å²) in [6, 6.07) is 22.0. The minimum atomic E-state index is 0.413. The Labute approximate surface area is 151 Å². The van der Waals surface area contributed by atoms with Crippen LogP contribution in [-0.4, -0.2) is 14.8 Å². The van der Waals surface area contributed by atoms with Crippen molar-refractivity contribution in [1.29, 1.82) is 5.26 Å². The van der Waals surface area contributed by atoms with Crippen molar-refractivity contribution >= 4 is 16.6 Å². The van der Waals surface area contributed by atoms with Crippen LogP contribution in [0.5, 0.6) is 0 Å². The van der Waals surface area contributed by atoms with Gasteiger partial charge in [0.05, 0.1) is 12.1 Å².